The van der Waals surface area contributed by atoms with Crippen molar-refractivity contribution in [2.45, 2.75) is 56.1 Å². The Balaban J connectivity index is 2.22. The Hall–Kier alpha value is -3.84. The maximum Gasteiger partial charge on any atom is 0.461 e. The first-order valence-corrected chi connectivity index (χ1v) is 12.2. The Kier molecular flexibility index (Phi) is 9.78. The summed E-state index contributed by atoms with van der Waals surface area (Å²) in [5.74, 6) is -3.45. The summed E-state index contributed by atoms with van der Waals surface area (Å²) in [4.78, 5) is 13.0. The van der Waals surface area contributed by atoms with Crippen LogP contribution in [0.15, 0.2) is 72.8 Å². The molecule has 3 rings (SSSR count). The predicted octanol–water partition coefficient (Wildman–Crippen LogP) is 8.42. The van der Waals surface area contributed by atoms with Crippen LogP contribution in [0.5, 0.6) is 5.75 Å². The lowest BCUT2D eigenvalue weighted by atomic mass is 9.77. The van der Waals surface area contributed by atoms with E-state index in [1.54, 1.807) is 18.2 Å². The van der Waals surface area contributed by atoms with E-state index in [-0.39, 0.29) is 12.0 Å². The molecular weight excluding hydrogens is 591 g/mol. The van der Waals surface area contributed by atoms with Crippen molar-refractivity contribution in [2.75, 3.05) is 0 Å². The minimum atomic E-state index is -5.07. The molecule has 0 fully saturated rings. The SMILES string of the molecule is O=C(CCCC(F)(F)F)N[C@](Cc1ccccc1)(c1ccc(C(F)(F)F)cc1)c1cc(F)cc(OC(F)(F)C(F)F)c1. The lowest BCUT2D eigenvalue weighted by molar-refractivity contribution is -0.253. The van der Waals surface area contributed by atoms with Gasteiger partial charge in [-0.15, -0.1) is 0 Å². The number of carbonyl (C=O) groups excluding carboxylic acids is 1. The van der Waals surface area contributed by atoms with E-state index in [9.17, 15) is 53.1 Å². The third kappa shape index (κ3) is 8.58. The Morgan fingerprint density at radius 2 is 1.38 bits per heavy atom. The summed E-state index contributed by atoms with van der Waals surface area (Å²) in [6.45, 7) is 0. The first kappa shape index (κ1) is 32.7. The molecule has 0 spiro atoms. The molecule has 1 atom stereocenters. The zero-order valence-corrected chi connectivity index (χ0v) is 21.3. The number of benzene rings is 3. The molecule has 0 aromatic heterocycles. The van der Waals surface area contributed by atoms with Gasteiger partial charge in [0.1, 0.15) is 11.6 Å². The molecule has 0 saturated heterocycles. The second-order valence-corrected chi connectivity index (χ2v) is 9.30. The van der Waals surface area contributed by atoms with Gasteiger partial charge in [0, 0.05) is 25.3 Å². The standard InChI is InChI=1S/C28H22F11NO2/c29-21-13-20(14-22(15-21)42-28(38,39)24(30)31)25(16-17-5-2-1-3-6-17,40-23(41)7-4-12-26(32,33)34)18-8-10-19(11-9-18)27(35,36)37/h1-3,5-6,8-11,13-15,24H,4,7,12,16H2,(H,40,41)/t25-/m1/s1. The van der Waals surface area contributed by atoms with Crippen molar-refractivity contribution in [1.82, 2.24) is 5.32 Å². The molecule has 0 aliphatic carbocycles. The van der Waals surface area contributed by atoms with Gasteiger partial charge in [0.2, 0.25) is 5.91 Å². The van der Waals surface area contributed by atoms with Gasteiger partial charge in [0.15, 0.2) is 0 Å². The van der Waals surface area contributed by atoms with E-state index >= 15 is 0 Å². The molecule has 228 valence electrons. The van der Waals surface area contributed by atoms with E-state index in [0.29, 0.717) is 35.9 Å². The van der Waals surface area contributed by atoms with E-state index in [0.717, 1.165) is 12.1 Å². The highest BCUT2D eigenvalue weighted by atomic mass is 19.4. The smallest absolute Gasteiger partial charge is 0.428 e. The average molecular weight is 613 g/mol. The highest BCUT2D eigenvalue weighted by Gasteiger charge is 2.45. The predicted molar refractivity (Wildman–Crippen MR) is 128 cm³/mol. The van der Waals surface area contributed by atoms with Crippen molar-refractivity contribution < 1.29 is 57.8 Å². The molecule has 1 amide bonds. The highest BCUT2D eigenvalue weighted by Crippen LogP contribution is 2.39. The normalized spacial score (nSPS) is 14.0. The van der Waals surface area contributed by atoms with Crippen molar-refractivity contribution in [2.24, 2.45) is 0 Å². The molecule has 0 bridgehead atoms. The maximum absolute atomic E-state index is 14.8. The number of hydrogen-bond donors (Lipinski definition) is 1. The number of nitrogens with one attached hydrogen (secondary N) is 1. The van der Waals surface area contributed by atoms with Crippen LogP contribution in [0, 0.1) is 5.82 Å². The van der Waals surface area contributed by atoms with Crippen LogP contribution in [0.1, 0.15) is 41.5 Å². The van der Waals surface area contributed by atoms with Gasteiger partial charge in [-0.3, -0.25) is 4.79 Å². The van der Waals surface area contributed by atoms with Gasteiger partial charge in [-0.05, 0) is 47.4 Å². The van der Waals surface area contributed by atoms with Crippen LogP contribution < -0.4 is 10.1 Å². The van der Waals surface area contributed by atoms with Crippen LogP contribution >= 0.6 is 0 Å². The molecule has 42 heavy (non-hydrogen) atoms. The van der Waals surface area contributed by atoms with Crippen LogP contribution in [0.25, 0.3) is 0 Å². The molecule has 0 unspecified atom stereocenters. The molecule has 14 heteroatoms. The molecule has 0 aliphatic rings. The molecular formula is C28H22F11NO2. The summed E-state index contributed by atoms with van der Waals surface area (Å²) in [6, 6.07) is 12.6. The second-order valence-electron chi connectivity index (χ2n) is 9.30. The summed E-state index contributed by atoms with van der Waals surface area (Å²) >= 11 is 0. The van der Waals surface area contributed by atoms with Crippen LogP contribution in [0.4, 0.5) is 48.3 Å². The number of ether oxygens (including phenoxy) is 1. The summed E-state index contributed by atoms with van der Waals surface area (Å²) in [5, 5.41) is 2.45. The van der Waals surface area contributed by atoms with Crippen LogP contribution in [-0.4, -0.2) is 24.6 Å². The Morgan fingerprint density at radius 3 is 1.93 bits per heavy atom. The molecule has 0 radical (unpaired) electrons. The van der Waals surface area contributed by atoms with Crippen molar-refractivity contribution in [1.29, 1.82) is 0 Å². The number of halogens is 11. The molecule has 0 aliphatic heterocycles. The first-order valence-electron chi connectivity index (χ1n) is 12.2. The monoisotopic (exact) mass is 613 g/mol. The van der Waals surface area contributed by atoms with Crippen LogP contribution in [-0.2, 0) is 22.9 Å². The van der Waals surface area contributed by atoms with E-state index in [2.05, 4.69) is 10.1 Å². The Bertz CT molecular complexity index is 1340. The third-order valence-corrected chi connectivity index (χ3v) is 6.11. The maximum atomic E-state index is 14.8. The molecule has 0 heterocycles. The number of rotatable bonds is 11. The third-order valence-electron chi connectivity index (χ3n) is 6.11. The van der Waals surface area contributed by atoms with E-state index < -0.39 is 78.3 Å². The van der Waals surface area contributed by atoms with Gasteiger partial charge in [-0.2, -0.15) is 43.9 Å². The molecule has 3 aromatic carbocycles. The van der Waals surface area contributed by atoms with Crippen LogP contribution in [0.2, 0.25) is 0 Å². The fourth-order valence-corrected chi connectivity index (χ4v) is 4.22. The summed E-state index contributed by atoms with van der Waals surface area (Å²) in [5.41, 5.74) is -3.41. The fourth-order valence-electron chi connectivity index (χ4n) is 4.22. The van der Waals surface area contributed by atoms with Crippen molar-refractivity contribution in [3.63, 3.8) is 0 Å². The molecule has 3 aromatic rings. The summed E-state index contributed by atoms with van der Waals surface area (Å²) in [6.07, 6.45) is -21.9. The summed E-state index contributed by atoms with van der Waals surface area (Å²) < 4.78 is 150. The second kappa shape index (κ2) is 12.6. The van der Waals surface area contributed by atoms with Crippen molar-refractivity contribution in [3.05, 3.63) is 101 Å². The first-order chi connectivity index (χ1) is 19.4. The van der Waals surface area contributed by atoms with E-state index in [1.807, 2.05) is 0 Å². The molecule has 0 saturated carbocycles. The quantitative estimate of drug-likeness (QED) is 0.221. The summed E-state index contributed by atoms with van der Waals surface area (Å²) in [7, 11) is 0. The minimum Gasteiger partial charge on any atom is -0.428 e. The van der Waals surface area contributed by atoms with Crippen LogP contribution in [0.3, 0.4) is 0 Å². The van der Waals surface area contributed by atoms with Gasteiger partial charge in [0.05, 0.1) is 11.1 Å². The Morgan fingerprint density at radius 1 is 0.786 bits per heavy atom. The number of hydrogen-bond acceptors (Lipinski definition) is 2. The van der Waals surface area contributed by atoms with Gasteiger partial charge in [-0.25, -0.2) is 4.39 Å². The number of alkyl halides is 10. The Labute approximate surface area is 232 Å². The minimum absolute atomic E-state index is 0.152. The lowest BCUT2D eigenvalue weighted by Gasteiger charge is -2.37. The van der Waals surface area contributed by atoms with Gasteiger partial charge in [-0.1, -0.05) is 42.5 Å². The van der Waals surface area contributed by atoms with Crippen molar-refractivity contribution in [3.8, 4) is 5.75 Å². The topological polar surface area (TPSA) is 38.3 Å². The zero-order valence-electron chi connectivity index (χ0n) is 21.3. The van der Waals surface area contributed by atoms with Gasteiger partial charge in [0.25, 0.3) is 0 Å². The van der Waals surface area contributed by atoms with Gasteiger partial charge >= 0.3 is 24.9 Å². The molecule has 1 N–H and O–H groups in total. The zero-order chi connectivity index (χ0) is 31.3. The highest BCUT2D eigenvalue weighted by molar-refractivity contribution is 5.78. The van der Waals surface area contributed by atoms with Gasteiger partial charge < -0.3 is 10.1 Å². The fraction of sp³-hybridized carbons (Fsp3) is 0.321. The largest absolute Gasteiger partial charge is 0.461 e. The lowest BCUT2D eigenvalue weighted by Crippen LogP contribution is -2.48. The molecule has 3 nitrogen and oxygen atoms in total. The number of carbonyl (C=O) groups is 1. The number of amides is 1. The van der Waals surface area contributed by atoms with Crippen molar-refractivity contribution >= 4 is 5.91 Å². The average Bonchev–Trinajstić information content (AvgIpc) is 2.87. The van der Waals surface area contributed by atoms with E-state index in [4.69, 9.17) is 0 Å². The van der Waals surface area contributed by atoms with E-state index in [1.165, 1.54) is 12.1 Å².